The zero-order chi connectivity index (χ0) is 16.4. The van der Waals surface area contributed by atoms with Crippen molar-refractivity contribution < 1.29 is 9.53 Å². The Hall–Kier alpha value is -2.88. The normalized spacial score (nSPS) is 16.2. The number of para-hydroxylation sites is 2. The van der Waals surface area contributed by atoms with E-state index < -0.39 is 0 Å². The van der Waals surface area contributed by atoms with Crippen LogP contribution in [0.2, 0.25) is 0 Å². The van der Waals surface area contributed by atoms with Gasteiger partial charge in [0.15, 0.2) is 0 Å². The number of benzene rings is 2. The summed E-state index contributed by atoms with van der Waals surface area (Å²) in [4.78, 5) is 16.8. The molecular weight excluding hydrogens is 300 g/mol. The number of rotatable bonds is 3. The molecule has 0 radical (unpaired) electrons. The Morgan fingerprint density at radius 2 is 1.92 bits per heavy atom. The van der Waals surface area contributed by atoms with Crippen LogP contribution in [0.5, 0.6) is 5.75 Å². The van der Waals surface area contributed by atoms with Gasteiger partial charge in [-0.1, -0.05) is 42.5 Å². The zero-order valence-corrected chi connectivity index (χ0v) is 13.2. The third-order valence-electron chi connectivity index (χ3n) is 4.34. The minimum atomic E-state index is -0.139. The summed E-state index contributed by atoms with van der Waals surface area (Å²) in [5.41, 5.74) is 2.48. The van der Waals surface area contributed by atoms with E-state index in [1.54, 1.807) is 6.07 Å². The van der Waals surface area contributed by atoms with Crippen LogP contribution in [0.25, 0.3) is 10.9 Å². The predicted molar refractivity (Wildman–Crippen MR) is 93.2 cm³/mol. The minimum Gasteiger partial charge on any atom is -0.493 e. The molecule has 4 heteroatoms. The molecule has 0 bridgehead atoms. The van der Waals surface area contributed by atoms with Crippen molar-refractivity contribution in [1.82, 2.24) is 10.3 Å². The van der Waals surface area contributed by atoms with E-state index >= 15 is 0 Å². The minimum absolute atomic E-state index is 0.139. The summed E-state index contributed by atoms with van der Waals surface area (Å²) in [6.07, 6.45) is 0.918. The number of carbonyl (C=O) groups is 1. The Bertz CT molecular complexity index is 891. The molecule has 2 heterocycles. The summed E-state index contributed by atoms with van der Waals surface area (Å²) in [6.45, 7) is 1.21. The van der Waals surface area contributed by atoms with E-state index in [0.717, 1.165) is 23.1 Å². The van der Waals surface area contributed by atoms with Gasteiger partial charge in [-0.2, -0.15) is 0 Å². The maximum Gasteiger partial charge on any atom is 0.269 e. The third-order valence-corrected chi connectivity index (χ3v) is 4.34. The van der Waals surface area contributed by atoms with Crippen LogP contribution in [0.15, 0.2) is 60.7 Å². The van der Waals surface area contributed by atoms with E-state index in [4.69, 9.17) is 4.74 Å². The van der Waals surface area contributed by atoms with Gasteiger partial charge >= 0.3 is 0 Å². The number of pyridine rings is 1. The number of amides is 1. The number of fused-ring (bicyclic) bond motifs is 2. The fraction of sp³-hybridized carbons (Fsp3) is 0.200. The molecular formula is C20H18N2O2. The van der Waals surface area contributed by atoms with Crippen LogP contribution in [-0.2, 0) is 6.42 Å². The van der Waals surface area contributed by atoms with E-state index in [0.29, 0.717) is 18.8 Å². The SMILES string of the molecule is O=C(NC[C@@H]1COc2ccccc2C1)c1ccc2ccccc2n1. The monoisotopic (exact) mass is 318 g/mol. The molecule has 2 aromatic carbocycles. The van der Waals surface area contributed by atoms with Crippen molar-refractivity contribution in [1.29, 1.82) is 0 Å². The molecule has 4 rings (SSSR count). The third kappa shape index (κ3) is 2.95. The number of hydrogen-bond acceptors (Lipinski definition) is 3. The highest BCUT2D eigenvalue weighted by Crippen LogP contribution is 2.26. The zero-order valence-electron chi connectivity index (χ0n) is 13.2. The van der Waals surface area contributed by atoms with Crippen LogP contribution in [-0.4, -0.2) is 24.0 Å². The fourth-order valence-electron chi connectivity index (χ4n) is 3.04. The standard InChI is InChI=1S/C20H18N2O2/c23-20(18-10-9-15-5-1-3-7-17(15)22-18)21-12-14-11-16-6-2-4-8-19(16)24-13-14/h1-10,14H,11-13H2,(H,21,23)/t14-/m1/s1. The van der Waals surface area contributed by atoms with Crippen LogP contribution in [0.1, 0.15) is 16.1 Å². The van der Waals surface area contributed by atoms with Crippen LogP contribution in [0.4, 0.5) is 0 Å². The van der Waals surface area contributed by atoms with Gasteiger partial charge in [0.1, 0.15) is 11.4 Å². The Kier molecular flexibility index (Phi) is 3.87. The molecule has 1 aliphatic heterocycles. The largest absolute Gasteiger partial charge is 0.493 e. The van der Waals surface area contributed by atoms with E-state index in [2.05, 4.69) is 16.4 Å². The fourth-order valence-corrected chi connectivity index (χ4v) is 3.04. The molecule has 1 amide bonds. The molecule has 0 aliphatic carbocycles. The number of nitrogens with zero attached hydrogens (tertiary/aromatic N) is 1. The van der Waals surface area contributed by atoms with Gasteiger partial charge in [-0.3, -0.25) is 4.79 Å². The van der Waals surface area contributed by atoms with E-state index in [1.165, 1.54) is 5.56 Å². The van der Waals surface area contributed by atoms with Crippen molar-refractivity contribution in [2.75, 3.05) is 13.2 Å². The van der Waals surface area contributed by atoms with Crippen molar-refractivity contribution >= 4 is 16.8 Å². The van der Waals surface area contributed by atoms with Crippen molar-refractivity contribution in [2.45, 2.75) is 6.42 Å². The molecule has 3 aromatic rings. The van der Waals surface area contributed by atoms with Gasteiger partial charge in [-0.15, -0.1) is 0 Å². The summed E-state index contributed by atoms with van der Waals surface area (Å²) < 4.78 is 5.76. The van der Waals surface area contributed by atoms with Gasteiger partial charge < -0.3 is 10.1 Å². The molecule has 0 saturated heterocycles. The molecule has 0 spiro atoms. The first-order valence-corrected chi connectivity index (χ1v) is 8.14. The van der Waals surface area contributed by atoms with Crippen molar-refractivity contribution in [3.63, 3.8) is 0 Å². The van der Waals surface area contributed by atoms with E-state index in [9.17, 15) is 4.79 Å². The first kappa shape index (κ1) is 14.7. The molecule has 120 valence electrons. The summed E-state index contributed by atoms with van der Waals surface area (Å²) in [5, 5.41) is 4.02. The van der Waals surface area contributed by atoms with E-state index in [-0.39, 0.29) is 11.8 Å². The quantitative estimate of drug-likeness (QED) is 0.807. The molecule has 0 fully saturated rings. The molecule has 4 nitrogen and oxygen atoms in total. The van der Waals surface area contributed by atoms with Crippen molar-refractivity contribution in [3.05, 3.63) is 71.9 Å². The Morgan fingerprint density at radius 3 is 2.88 bits per heavy atom. The van der Waals surface area contributed by atoms with Crippen LogP contribution >= 0.6 is 0 Å². The van der Waals surface area contributed by atoms with Crippen molar-refractivity contribution in [3.8, 4) is 5.75 Å². The lowest BCUT2D eigenvalue weighted by Crippen LogP contribution is -2.35. The maximum atomic E-state index is 12.4. The second-order valence-corrected chi connectivity index (χ2v) is 6.09. The molecule has 1 atom stereocenters. The molecule has 1 aliphatic rings. The molecule has 1 aromatic heterocycles. The summed E-state index contributed by atoms with van der Waals surface area (Å²) in [5.74, 6) is 1.10. The van der Waals surface area contributed by atoms with Gasteiger partial charge in [0, 0.05) is 17.8 Å². The van der Waals surface area contributed by atoms with E-state index in [1.807, 2.05) is 48.5 Å². The van der Waals surface area contributed by atoms with Gasteiger partial charge in [0.2, 0.25) is 0 Å². The lowest BCUT2D eigenvalue weighted by atomic mass is 9.97. The first-order chi connectivity index (χ1) is 11.8. The maximum absolute atomic E-state index is 12.4. The van der Waals surface area contributed by atoms with Crippen LogP contribution in [0, 0.1) is 5.92 Å². The molecule has 24 heavy (non-hydrogen) atoms. The predicted octanol–water partition coefficient (Wildman–Crippen LogP) is 3.22. The summed E-state index contributed by atoms with van der Waals surface area (Å²) in [6, 6.07) is 19.5. The van der Waals surface area contributed by atoms with Crippen molar-refractivity contribution in [2.24, 2.45) is 5.92 Å². The Morgan fingerprint density at radius 1 is 1.08 bits per heavy atom. The summed E-state index contributed by atoms with van der Waals surface area (Å²) in [7, 11) is 0. The average Bonchev–Trinajstić information content (AvgIpc) is 2.65. The smallest absolute Gasteiger partial charge is 0.269 e. The Balaban J connectivity index is 1.41. The second kappa shape index (κ2) is 6.32. The van der Waals surface area contributed by atoms with Crippen LogP contribution < -0.4 is 10.1 Å². The highest BCUT2D eigenvalue weighted by Gasteiger charge is 2.20. The lowest BCUT2D eigenvalue weighted by molar-refractivity contribution is 0.0934. The van der Waals surface area contributed by atoms with Gasteiger partial charge in [0.05, 0.1) is 12.1 Å². The Labute approximate surface area is 140 Å². The molecule has 0 unspecified atom stereocenters. The highest BCUT2D eigenvalue weighted by atomic mass is 16.5. The number of ether oxygens (including phenoxy) is 1. The number of aromatic nitrogens is 1. The lowest BCUT2D eigenvalue weighted by Gasteiger charge is -2.25. The van der Waals surface area contributed by atoms with Gasteiger partial charge in [-0.05, 0) is 30.2 Å². The van der Waals surface area contributed by atoms with Gasteiger partial charge in [-0.25, -0.2) is 4.98 Å². The number of hydrogen-bond donors (Lipinski definition) is 1. The van der Waals surface area contributed by atoms with Crippen LogP contribution in [0.3, 0.4) is 0 Å². The molecule has 0 saturated carbocycles. The average molecular weight is 318 g/mol. The highest BCUT2D eigenvalue weighted by molar-refractivity contribution is 5.94. The summed E-state index contributed by atoms with van der Waals surface area (Å²) >= 11 is 0. The number of nitrogens with one attached hydrogen (secondary N) is 1. The topological polar surface area (TPSA) is 51.2 Å². The van der Waals surface area contributed by atoms with Gasteiger partial charge in [0.25, 0.3) is 5.91 Å². The second-order valence-electron chi connectivity index (χ2n) is 6.09. The first-order valence-electron chi connectivity index (χ1n) is 8.14. The molecule has 1 N–H and O–H groups in total. The number of carbonyl (C=O) groups excluding carboxylic acids is 1.